The van der Waals surface area contributed by atoms with E-state index in [4.69, 9.17) is 0 Å². The fourth-order valence-electron chi connectivity index (χ4n) is 1.88. The molecule has 2 aromatic carbocycles. The molecule has 1 N–H and O–H groups in total. The molecule has 0 bridgehead atoms. The number of amides is 1. The van der Waals surface area contributed by atoms with Crippen LogP contribution in [0.5, 0.6) is 0 Å². The Balaban J connectivity index is 2.06. The van der Waals surface area contributed by atoms with E-state index in [1.165, 1.54) is 0 Å². The maximum Gasteiger partial charge on any atom is 0.290 e. The quantitative estimate of drug-likeness (QED) is 0.647. The average molecular weight is 272 g/mol. The van der Waals surface area contributed by atoms with Crippen LogP contribution in [0.3, 0.4) is 0 Å². The maximum atomic E-state index is 11.1. The average Bonchev–Trinajstić information content (AvgIpc) is 2.40. The second-order valence-corrected chi connectivity index (χ2v) is 4.65. The molecular weight excluding hydrogens is 256 g/mol. The lowest BCUT2D eigenvalue weighted by Crippen LogP contribution is -2.38. The minimum atomic E-state index is -0.355. The molecule has 1 amide bonds. The third-order valence-corrected chi connectivity index (χ3v) is 2.79. The van der Waals surface area contributed by atoms with Gasteiger partial charge in [0.05, 0.1) is 0 Å². The number of rotatable bonds is 5. The van der Waals surface area contributed by atoms with Crippen molar-refractivity contribution < 1.29 is 4.79 Å². The highest BCUT2D eigenvalue weighted by Gasteiger charge is 2.08. The number of nitrogens with one attached hydrogen (secondary N) is 1. The molecule has 0 saturated carbocycles. The molecule has 0 fully saturated rings. The van der Waals surface area contributed by atoms with Gasteiger partial charge in [-0.25, -0.2) is 5.01 Å². The van der Waals surface area contributed by atoms with Crippen LogP contribution in [0.25, 0.3) is 0 Å². The van der Waals surface area contributed by atoms with Crippen molar-refractivity contribution in [3.8, 4) is 0 Å². The van der Waals surface area contributed by atoms with Gasteiger partial charge in [-0.2, -0.15) is 0 Å². The smallest absolute Gasteiger partial charge is 0.279 e. The largest absolute Gasteiger partial charge is 0.290 e. The maximum absolute atomic E-state index is 11.1. The van der Waals surface area contributed by atoms with Crippen molar-refractivity contribution in [2.45, 2.75) is 13.1 Å². The van der Waals surface area contributed by atoms with E-state index in [0.717, 1.165) is 11.1 Å². The number of carbonyl (C=O) groups excluding carboxylic acids is 1. The van der Waals surface area contributed by atoms with E-state index in [-0.39, 0.29) is 5.24 Å². The molecule has 4 heteroatoms. The SMILES string of the molecule is O=C(S)NN(Cc1ccccc1)Cc1ccccc1. The standard InChI is InChI=1S/C15H16N2OS/c18-15(19)16-17(11-13-7-3-1-4-8-13)12-14-9-5-2-6-10-14/h1-10H,11-12H2,(H2,16,18,19). The molecule has 2 aromatic rings. The van der Waals surface area contributed by atoms with Crippen LogP contribution in [0.4, 0.5) is 4.79 Å². The first-order chi connectivity index (χ1) is 9.24. The van der Waals surface area contributed by atoms with Crippen LogP contribution in [0.2, 0.25) is 0 Å². The second-order valence-electron chi connectivity index (χ2n) is 4.24. The van der Waals surface area contributed by atoms with Gasteiger partial charge in [-0.1, -0.05) is 73.3 Å². The van der Waals surface area contributed by atoms with Gasteiger partial charge in [0.15, 0.2) is 0 Å². The van der Waals surface area contributed by atoms with Gasteiger partial charge in [-0.15, -0.1) is 0 Å². The molecule has 3 nitrogen and oxygen atoms in total. The highest BCUT2D eigenvalue weighted by atomic mass is 32.1. The lowest BCUT2D eigenvalue weighted by Gasteiger charge is -2.22. The number of thiol groups is 1. The number of nitrogens with zero attached hydrogens (tertiary/aromatic N) is 1. The van der Waals surface area contributed by atoms with Gasteiger partial charge in [0.25, 0.3) is 5.24 Å². The molecule has 0 radical (unpaired) electrons. The first-order valence-electron chi connectivity index (χ1n) is 6.06. The van der Waals surface area contributed by atoms with Crippen LogP contribution in [0, 0.1) is 0 Å². The summed E-state index contributed by atoms with van der Waals surface area (Å²) >= 11 is 3.78. The van der Waals surface area contributed by atoms with E-state index >= 15 is 0 Å². The Bertz CT molecular complexity index is 475. The monoisotopic (exact) mass is 272 g/mol. The zero-order valence-corrected chi connectivity index (χ0v) is 11.4. The van der Waals surface area contributed by atoms with Crippen molar-refractivity contribution in [2.24, 2.45) is 0 Å². The molecule has 0 aliphatic rings. The van der Waals surface area contributed by atoms with Crippen LogP contribution in [0.15, 0.2) is 60.7 Å². The summed E-state index contributed by atoms with van der Waals surface area (Å²) in [6.07, 6.45) is 0. The van der Waals surface area contributed by atoms with Crippen LogP contribution in [0.1, 0.15) is 11.1 Å². The van der Waals surface area contributed by atoms with E-state index < -0.39 is 0 Å². The lowest BCUT2D eigenvalue weighted by molar-refractivity contribution is 0.180. The van der Waals surface area contributed by atoms with E-state index in [9.17, 15) is 4.79 Å². The molecule has 0 heterocycles. The first kappa shape index (κ1) is 13.6. The van der Waals surface area contributed by atoms with Gasteiger partial charge in [0, 0.05) is 13.1 Å². The van der Waals surface area contributed by atoms with Crippen LogP contribution < -0.4 is 5.43 Å². The van der Waals surface area contributed by atoms with Crippen molar-refractivity contribution in [3.63, 3.8) is 0 Å². The molecule has 0 spiro atoms. The molecule has 0 atom stereocenters. The van der Waals surface area contributed by atoms with Crippen LogP contribution >= 0.6 is 12.6 Å². The fraction of sp³-hybridized carbons (Fsp3) is 0.133. The van der Waals surface area contributed by atoms with Crippen molar-refractivity contribution in [2.75, 3.05) is 0 Å². The van der Waals surface area contributed by atoms with Gasteiger partial charge in [0.2, 0.25) is 0 Å². The van der Waals surface area contributed by atoms with Crippen molar-refractivity contribution in [1.82, 2.24) is 10.4 Å². The summed E-state index contributed by atoms with van der Waals surface area (Å²) < 4.78 is 0. The Hall–Kier alpha value is -1.78. The molecule has 0 saturated heterocycles. The van der Waals surface area contributed by atoms with Crippen molar-refractivity contribution in [1.29, 1.82) is 0 Å². The van der Waals surface area contributed by atoms with Crippen LogP contribution in [-0.2, 0) is 13.1 Å². The molecule has 19 heavy (non-hydrogen) atoms. The van der Waals surface area contributed by atoms with E-state index in [1.54, 1.807) is 0 Å². The predicted molar refractivity (Wildman–Crippen MR) is 79.6 cm³/mol. The minimum Gasteiger partial charge on any atom is -0.279 e. The van der Waals surface area contributed by atoms with Gasteiger partial charge in [-0.3, -0.25) is 10.2 Å². The molecule has 98 valence electrons. The zero-order valence-electron chi connectivity index (χ0n) is 10.5. The van der Waals surface area contributed by atoms with Gasteiger partial charge < -0.3 is 0 Å². The van der Waals surface area contributed by atoms with Gasteiger partial charge in [0.1, 0.15) is 0 Å². The number of hydrogen-bond donors (Lipinski definition) is 2. The van der Waals surface area contributed by atoms with E-state index in [0.29, 0.717) is 13.1 Å². The van der Waals surface area contributed by atoms with Crippen molar-refractivity contribution in [3.05, 3.63) is 71.8 Å². The Morgan fingerprint density at radius 1 is 0.895 bits per heavy atom. The lowest BCUT2D eigenvalue weighted by atomic mass is 10.2. The predicted octanol–water partition coefficient (Wildman–Crippen LogP) is 3.24. The summed E-state index contributed by atoms with van der Waals surface area (Å²) in [5, 5.41) is 1.49. The third kappa shape index (κ3) is 4.77. The third-order valence-electron chi connectivity index (χ3n) is 2.69. The summed E-state index contributed by atoms with van der Waals surface area (Å²) in [6.45, 7) is 1.28. The summed E-state index contributed by atoms with van der Waals surface area (Å²) in [5.74, 6) is 0. The normalized spacial score (nSPS) is 10.4. The number of benzene rings is 2. The van der Waals surface area contributed by atoms with Crippen molar-refractivity contribution >= 4 is 17.9 Å². The molecule has 0 aliphatic carbocycles. The Morgan fingerprint density at radius 3 is 1.68 bits per heavy atom. The highest BCUT2D eigenvalue weighted by molar-refractivity contribution is 7.96. The Morgan fingerprint density at radius 2 is 1.32 bits per heavy atom. The Labute approximate surface area is 118 Å². The molecule has 0 aliphatic heterocycles. The number of hydrazine groups is 1. The molecule has 0 aromatic heterocycles. The summed E-state index contributed by atoms with van der Waals surface area (Å²) in [6, 6.07) is 20.0. The highest BCUT2D eigenvalue weighted by Crippen LogP contribution is 2.08. The second kappa shape index (κ2) is 6.97. The summed E-state index contributed by atoms with van der Waals surface area (Å²) in [4.78, 5) is 11.1. The molecular formula is C15H16N2OS. The van der Waals surface area contributed by atoms with Gasteiger partial charge in [-0.05, 0) is 11.1 Å². The van der Waals surface area contributed by atoms with Gasteiger partial charge >= 0.3 is 0 Å². The summed E-state index contributed by atoms with van der Waals surface area (Å²) in [7, 11) is 0. The number of hydrogen-bond acceptors (Lipinski definition) is 2. The zero-order chi connectivity index (χ0) is 13.5. The topological polar surface area (TPSA) is 32.3 Å². The minimum absolute atomic E-state index is 0.355. The number of carbonyl (C=O) groups is 1. The van der Waals surface area contributed by atoms with E-state index in [1.807, 2.05) is 65.7 Å². The molecule has 0 unspecified atom stereocenters. The Kier molecular flexibility index (Phi) is 5.01. The van der Waals surface area contributed by atoms with E-state index in [2.05, 4.69) is 18.1 Å². The fourth-order valence-corrected chi connectivity index (χ4v) is 2.02. The summed E-state index contributed by atoms with van der Waals surface area (Å²) in [5.41, 5.74) is 5.01. The van der Waals surface area contributed by atoms with Crippen LogP contribution in [-0.4, -0.2) is 10.2 Å². The first-order valence-corrected chi connectivity index (χ1v) is 6.51. The molecule has 2 rings (SSSR count).